The minimum absolute atomic E-state index is 0.169. The Labute approximate surface area is 118 Å². The highest BCUT2D eigenvalue weighted by Gasteiger charge is 2.21. The van der Waals surface area contributed by atoms with Crippen molar-refractivity contribution in [3.8, 4) is 0 Å². The van der Waals surface area contributed by atoms with Crippen molar-refractivity contribution in [1.82, 2.24) is 5.32 Å². The van der Waals surface area contributed by atoms with E-state index >= 15 is 0 Å². The lowest BCUT2D eigenvalue weighted by Crippen LogP contribution is -2.38. The lowest BCUT2D eigenvalue weighted by molar-refractivity contribution is 0.119. The summed E-state index contributed by atoms with van der Waals surface area (Å²) in [5.74, 6) is 0. The number of halogens is 2. The largest absolute Gasteiger partial charge is 0.392 e. The number of rotatable bonds is 3. The van der Waals surface area contributed by atoms with E-state index in [-0.39, 0.29) is 12.1 Å². The van der Waals surface area contributed by atoms with Crippen LogP contribution < -0.4 is 5.32 Å². The van der Waals surface area contributed by atoms with Gasteiger partial charge in [0, 0.05) is 22.6 Å². The Morgan fingerprint density at radius 1 is 1.17 bits per heavy atom. The van der Waals surface area contributed by atoms with Crippen LogP contribution in [0.5, 0.6) is 0 Å². The van der Waals surface area contributed by atoms with Gasteiger partial charge in [0.15, 0.2) is 0 Å². The normalized spacial score (nSPS) is 24.8. The molecule has 1 fully saturated rings. The summed E-state index contributed by atoms with van der Waals surface area (Å²) in [7, 11) is 0. The highest BCUT2D eigenvalue weighted by atomic mass is 35.5. The number of aliphatic hydroxyl groups excluding tert-OH is 1. The molecule has 1 aliphatic rings. The third-order valence-electron chi connectivity index (χ3n) is 3.54. The minimum Gasteiger partial charge on any atom is -0.392 e. The van der Waals surface area contributed by atoms with E-state index in [9.17, 15) is 5.11 Å². The Balaban J connectivity index is 1.95. The summed E-state index contributed by atoms with van der Waals surface area (Å²) in [5.41, 5.74) is 0.987. The van der Waals surface area contributed by atoms with Crippen molar-refractivity contribution < 1.29 is 5.11 Å². The summed E-state index contributed by atoms with van der Waals surface area (Å²) >= 11 is 12.1. The van der Waals surface area contributed by atoms with Gasteiger partial charge in [0.25, 0.3) is 0 Å². The summed E-state index contributed by atoms with van der Waals surface area (Å²) in [6.07, 6.45) is 5.19. The van der Waals surface area contributed by atoms with Crippen molar-refractivity contribution in [2.75, 3.05) is 0 Å². The molecule has 100 valence electrons. The molecule has 0 radical (unpaired) electrons. The summed E-state index contributed by atoms with van der Waals surface area (Å²) in [5, 5.41) is 14.8. The molecule has 1 aromatic rings. The first-order chi connectivity index (χ1) is 8.66. The SMILES string of the molecule is OC1CCCCCC1NCc1cc(Cl)ccc1Cl. The molecule has 0 heterocycles. The van der Waals surface area contributed by atoms with E-state index in [1.165, 1.54) is 12.8 Å². The Morgan fingerprint density at radius 2 is 1.94 bits per heavy atom. The van der Waals surface area contributed by atoms with Crippen LogP contribution in [0.25, 0.3) is 0 Å². The van der Waals surface area contributed by atoms with Gasteiger partial charge < -0.3 is 10.4 Å². The second kappa shape index (κ2) is 6.76. The molecule has 4 heteroatoms. The molecule has 2 nitrogen and oxygen atoms in total. The second-order valence-electron chi connectivity index (χ2n) is 4.93. The zero-order valence-corrected chi connectivity index (χ0v) is 11.8. The molecule has 2 rings (SSSR count). The predicted octanol–water partition coefficient (Wildman–Crippen LogP) is 3.78. The number of aliphatic hydroxyl groups is 1. The molecular weight excluding hydrogens is 269 g/mol. The molecule has 2 unspecified atom stereocenters. The standard InChI is InChI=1S/C14H19Cl2NO/c15-11-6-7-12(16)10(8-11)9-17-13-4-2-1-3-5-14(13)18/h6-8,13-14,17-18H,1-5,9H2. The quantitative estimate of drug-likeness (QED) is 0.830. The molecule has 0 amide bonds. The van der Waals surface area contributed by atoms with Crippen LogP contribution in [-0.4, -0.2) is 17.3 Å². The fourth-order valence-corrected chi connectivity index (χ4v) is 2.83. The van der Waals surface area contributed by atoms with Crippen LogP contribution in [0.1, 0.15) is 37.7 Å². The van der Waals surface area contributed by atoms with Crippen LogP contribution >= 0.6 is 23.2 Å². The zero-order valence-electron chi connectivity index (χ0n) is 10.3. The van der Waals surface area contributed by atoms with Crippen LogP contribution in [0.4, 0.5) is 0 Å². The van der Waals surface area contributed by atoms with E-state index in [2.05, 4.69) is 5.32 Å². The van der Waals surface area contributed by atoms with Gasteiger partial charge in [-0.2, -0.15) is 0 Å². The molecular formula is C14H19Cl2NO. The van der Waals surface area contributed by atoms with Gasteiger partial charge in [-0.1, -0.05) is 42.5 Å². The molecule has 1 saturated carbocycles. The van der Waals surface area contributed by atoms with Crippen molar-refractivity contribution in [2.45, 2.75) is 50.8 Å². The van der Waals surface area contributed by atoms with Crippen molar-refractivity contribution >= 4 is 23.2 Å². The van der Waals surface area contributed by atoms with Crippen LogP contribution in [0.3, 0.4) is 0 Å². The molecule has 2 atom stereocenters. The van der Waals surface area contributed by atoms with E-state index in [0.717, 1.165) is 29.8 Å². The number of hydrogen-bond donors (Lipinski definition) is 2. The number of hydrogen-bond acceptors (Lipinski definition) is 2. The summed E-state index contributed by atoms with van der Waals surface area (Å²) in [6, 6.07) is 5.64. The lowest BCUT2D eigenvalue weighted by atomic mass is 10.1. The maximum atomic E-state index is 10.0. The molecule has 1 aromatic carbocycles. The Kier molecular flexibility index (Phi) is 5.31. The molecule has 0 spiro atoms. The molecule has 1 aliphatic carbocycles. The molecule has 0 saturated heterocycles. The van der Waals surface area contributed by atoms with Crippen molar-refractivity contribution in [2.24, 2.45) is 0 Å². The zero-order chi connectivity index (χ0) is 13.0. The topological polar surface area (TPSA) is 32.3 Å². The van der Waals surface area contributed by atoms with E-state index in [4.69, 9.17) is 23.2 Å². The molecule has 0 aromatic heterocycles. The molecule has 18 heavy (non-hydrogen) atoms. The van der Waals surface area contributed by atoms with Gasteiger partial charge >= 0.3 is 0 Å². The molecule has 0 bridgehead atoms. The monoisotopic (exact) mass is 287 g/mol. The Bertz CT molecular complexity index is 397. The van der Waals surface area contributed by atoms with Crippen LogP contribution in [-0.2, 0) is 6.54 Å². The average molecular weight is 288 g/mol. The second-order valence-corrected chi connectivity index (χ2v) is 5.77. The summed E-state index contributed by atoms with van der Waals surface area (Å²) < 4.78 is 0. The third-order valence-corrected chi connectivity index (χ3v) is 4.15. The maximum absolute atomic E-state index is 10.0. The number of nitrogens with one attached hydrogen (secondary N) is 1. The lowest BCUT2D eigenvalue weighted by Gasteiger charge is -2.22. The van der Waals surface area contributed by atoms with Crippen LogP contribution in [0.15, 0.2) is 18.2 Å². The fourth-order valence-electron chi connectivity index (χ4n) is 2.45. The number of benzene rings is 1. The average Bonchev–Trinajstić information content (AvgIpc) is 2.55. The maximum Gasteiger partial charge on any atom is 0.0693 e. The van der Waals surface area contributed by atoms with E-state index in [0.29, 0.717) is 11.6 Å². The summed E-state index contributed by atoms with van der Waals surface area (Å²) in [6.45, 7) is 0.654. The van der Waals surface area contributed by atoms with E-state index in [1.54, 1.807) is 6.07 Å². The first-order valence-electron chi connectivity index (χ1n) is 6.52. The van der Waals surface area contributed by atoms with E-state index in [1.807, 2.05) is 12.1 Å². The molecule has 0 aliphatic heterocycles. The first-order valence-corrected chi connectivity index (χ1v) is 7.28. The van der Waals surface area contributed by atoms with Gasteiger partial charge in [0.05, 0.1) is 6.10 Å². The highest BCUT2D eigenvalue weighted by Crippen LogP contribution is 2.22. The highest BCUT2D eigenvalue weighted by molar-refractivity contribution is 6.33. The summed E-state index contributed by atoms with van der Waals surface area (Å²) in [4.78, 5) is 0. The van der Waals surface area contributed by atoms with Gasteiger partial charge in [-0.25, -0.2) is 0 Å². The van der Waals surface area contributed by atoms with Gasteiger partial charge in [-0.05, 0) is 36.6 Å². The smallest absolute Gasteiger partial charge is 0.0693 e. The Hall–Kier alpha value is -0.280. The van der Waals surface area contributed by atoms with Crippen LogP contribution in [0.2, 0.25) is 10.0 Å². The minimum atomic E-state index is -0.245. The Morgan fingerprint density at radius 3 is 2.78 bits per heavy atom. The van der Waals surface area contributed by atoms with Crippen molar-refractivity contribution in [1.29, 1.82) is 0 Å². The van der Waals surface area contributed by atoms with Gasteiger partial charge in [-0.15, -0.1) is 0 Å². The predicted molar refractivity (Wildman–Crippen MR) is 76.2 cm³/mol. The fraction of sp³-hybridized carbons (Fsp3) is 0.571. The van der Waals surface area contributed by atoms with E-state index < -0.39 is 0 Å². The third kappa shape index (κ3) is 3.86. The van der Waals surface area contributed by atoms with Gasteiger partial charge in [0.2, 0.25) is 0 Å². The van der Waals surface area contributed by atoms with Crippen molar-refractivity contribution in [3.63, 3.8) is 0 Å². The van der Waals surface area contributed by atoms with Gasteiger partial charge in [0.1, 0.15) is 0 Å². The van der Waals surface area contributed by atoms with Crippen molar-refractivity contribution in [3.05, 3.63) is 33.8 Å². The first kappa shape index (κ1) is 14.1. The van der Waals surface area contributed by atoms with Gasteiger partial charge in [-0.3, -0.25) is 0 Å². The molecule has 2 N–H and O–H groups in total. The van der Waals surface area contributed by atoms with Crippen LogP contribution in [0, 0.1) is 0 Å².